The van der Waals surface area contributed by atoms with Crippen molar-refractivity contribution in [3.8, 4) is 28.8 Å². The SMILES string of the molecule is Cc1ccc(-c2ccccc2)n1-c1ccc(C(=O)N/N=C/c2ccccc2OCc2ccccc2C#N)cc1. The van der Waals surface area contributed by atoms with Gasteiger partial charge in [-0.15, -0.1) is 0 Å². The van der Waals surface area contributed by atoms with Gasteiger partial charge in [-0.3, -0.25) is 4.79 Å². The zero-order chi connectivity index (χ0) is 27.0. The van der Waals surface area contributed by atoms with Crippen LogP contribution in [0.1, 0.15) is 32.7 Å². The molecular formula is C33H26N4O2. The second kappa shape index (κ2) is 11.8. The summed E-state index contributed by atoms with van der Waals surface area (Å²) in [4.78, 5) is 12.8. The number of hydrogen-bond acceptors (Lipinski definition) is 4. The molecule has 6 heteroatoms. The molecule has 0 fully saturated rings. The first-order valence-electron chi connectivity index (χ1n) is 12.5. The van der Waals surface area contributed by atoms with Crippen molar-refractivity contribution in [2.24, 2.45) is 5.10 Å². The summed E-state index contributed by atoms with van der Waals surface area (Å²) in [7, 11) is 0. The van der Waals surface area contributed by atoms with Gasteiger partial charge in [0.15, 0.2) is 0 Å². The lowest BCUT2D eigenvalue weighted by Crippen LogP contribution is -2.17. The molecule has 1 heterocycles. The van der Waals surface area contributed by atoms with Crippen LogP contribution in [0.5, 0.6) is 5.75 Å². The Balaban J connectivity index is 1.26. The number of nitrogens with zero attached hydrogens (tertiary/aromatic N) is 3. The van der Waals surface area contributed by atoms with Gasteiger partial charge in [0.25, 0.3) is 5.91 Å². The van der Waals surface area contributed by atoms with E-state index in [1.165, 1.54) is 0 Å². The van der Waals surface area contributed by atoms with Crippen LogP contribution in [0, 0.1) is 18.3 Å². The number of rotatable bonds is 8. The van der Waals surface area contributed by atoms with E-state index in [4.69, 9.17) is 4.74 Å². The van der Waals surface area contributed by atoms with Crippen LogP contribution in [0.4, 0.5) is 0 Å². The number of nitrogens with one attached hydrogen (secondary N) is 1. The number of aromatic nitrogens is 1. The molecule has 0 atom stereocenters. The molecule has 0 aliphatic carbocycles. The van der Waals surface area contributed by atoms with Gasteiger partial charge in [-0.05, 0) is 67.1 Å². The number of aryl methyl sites for hydroxylation is 1. The summed E-state index contributed by atoms with van der Waals surface area (Å²) < 4.78 is 8.12. The minimum atomic E-state index is -0.313. The Kier molecular flexibility index (Phi) is 7.61. The minimum Gasteiger partial charge on any atom is -0.488 e. The molecule has 0 saturated heterocycles. The highest BCUT2D eigenvalue weighted by molar-refractivity contribution is 5.95. The van der Waals surface area contributed by atoms with Crippen LogP contribution in [0.3, 0.4) is 0 Å². The molecule has 1 amide bonds. The highest BCUT2D eigenvalue weighted by Gasteiger charge is 2.11. The smallest absolute Gasteiger partial charge is 0.271 e. The second-order valence-corrected chi connectivity index (χ2v) is 8.90. The molecule has 0 radical (unpaired) electrons. The van der Waals surface area contributed by atoms with Crippen LogP contribution < -0.4 is 10.2 Å². The summed E-state index contributed by atoms with van der Waals surface area (Å²) in [5, 5.41) is 13.4. The van der Waals surface area contributed by atoms with E-state index < -0.39 is 0 Å². The zero-order valence-corrected chi connectivity index (χ0v) is 21.4. The first-order chi connectivity index (χ1) is 19.1. The Morgan fingerprint density at radius 1 is 0.897 bits per heavy atom. The van der Waals surface area contributed by atoms with Crippen LogP contribution in [0.2, 0.25) is 0 Å². The lowest BCUT2D eigenvalue weighted by atomic mass is 10.1. The fourth-order valence-corrected chi connectivity index (χ4v) is 4.33. The molecule has 0 aliphatic heterocycles. The molecule has 5 aromatic rings. The number of carbonyl (C=O) groups excluding carboxylic acids is 1. The van der Waals surface area contributed by atoms with Crippen molar-refractivity contribution in [3.05, 3.63) is 143 Å². The molecule has 0 spiro atoms. The molecular weight excluding hydrogens is 484 g/mol. The van der Waals surface area contributed by atoms with Crippen molar-refractivity contribution in [2.75, 3.05) is 0 Å². The lowest BCUT2D eigenvalue weighted by molar-refractivity contribution is 0.0955. The second-order valence-electron chi connectivity index (χ2n) is 8.90. The van der Waals surface area contributed by atoms with Crippen LogP contribution in [-0.2, 0) is 6.61 Å². The first kappa shape index (κ1) is 25.2. The number of ether oxygens (including phenoxy) is 1. The third kappa shape index (κ3) is 5.79. The summed E-state index contributed by atoms with van der Waals surface area (Å²) in [5.74, 6) is 0.288. The Labute approximate surface area is 227 Å². The average Bonchev–Trinajstić information content (AvgIpc) is 3.38. The first-order valence-corrected chi connectivity index (χ1v) is 12.5. The average molecular weight is 511 g/mol. The molecule has 1 N–H and O–H groups in total. The number of hydrogen-bond donors (Lipinski definition) is 1. The molecule has 0 unspecified atom stereocenters. The minimum absolute atomic E-state index is 0.250. The lowest BCUT2D eigenvalue weighted by Gasteiger charge is -2.13. The number of hydrazone groups is 1. The van der Waals surface area contributed by atoms with E-state index in [2.05, 4.69) is 52.4 Å². The van der Waals surface area contributed by atoms with Crippen molar-refractivity contribution in [1.82, 2.24) is 9.99 Å². The number of carbonyl (C=O) groups is 1. The van der Waals surface area contributed by atoms with Crippen molar-refractivity contribution in [1.29, 1.82) is 5.26 Å². The fraction of sp³-hybridized carbons (Fsp3) is 0.0606. The van der Waals surface area contributed by atoms with E-state index in [0.29, 0.717) is 22.4 Å². The molecule has 1 aromatic heterocycles. The predicted molar refractivity (Wildman–Crippen MR) is 153 cm³/mol. The molecule has 39 heavy (non-hydrogen) atoms. The summed E-state index contributed by atoms with van der Waals surface area (Å²) >= 11 is 0. The number of benzene rings is 4. The third-order valence-corrected chi connectivity index (χ3v) is 6.34. The van der Waals surface area contributed by atoms with Gasteiger partial charge in [-0.2, -0.15) is 10.4 Å². The van der Waals surface area contributed by atoms with Gasteiger partial charge in [-0.1, -0.05) is 60.7 Å². The largest absolute Gasteiger partial charge is 0.488 e. The standard InChI is InChI=1S/C33H26N4O2/c1-24-15-20-31(25-9-3-2-4-10-25)37(24)30-18-16-26(17-19-30)33(38)36-35-22-28-12-7-8-14-32(28)39-23-29-13-6-5-11-27(29)21-34/h2-20,22H,23H2,1H3,(H,36,38)/b35-22+. The van der Waals surface area contributed by atoms with E-state index in [0.717, 1.165) is 28.2 Å². The van der Waals surface area contributed by atoms with E-state index in [1.54, 1.807) is 24.4 Å². The molecule has 6 nitrogen and oxygen atoms in total. The third-order valence-electron chi connectivity index (χ3n) is 6.34. The quantitative estimate of drug-likeness (QED) is 0.187. The summed E-state index contributed by atoms with van der Waals surface area (Å²) in [5.41, 5.74) is 9.47. The van der Waals surface area contributed by atoms with Crippen molar-refractivity contribution >= 4 is 12.1 Å². The van der Waals surface area contributed by atoms with Gasteiger partial charge in [-0.25, -0.2) is 5.43 Å². The summed E-state index contributed by atoms with van der Waals surface area (Å²) in [6.45, 7) is 2.31. The Morgan fingerprint density at radius 2 is 1.62 bits per heavy atom. The molecule has 190 valence electrons. The maximum Gasteiger partial charge on any atom is 0.271 e. The monoisotopic (exact) mass is 510 g/mol. The Hall–Kier alpha value is -5.41. The normalized spacial score (nSPS) is 10.8. The van der Waals surface area contributed by atoms with E-state index >= 15 is 0 Å². The van der Waals surface area contributed by atoms with Crippen molar-refractivity contribution < 1.29 is 9.53 Å². The maximum absolute atomic E-state index is 12.8. The molecule has 0 saturated carbocycles. The van der Waals surface area contributed by atoms with E-state index in [1.807, 2.05) is 72.8 Å². The molecule has 4 aromatic carbocycles. The number of nitriles is 1. The Bertz CT molecular complexity index is 1660. The summed E-state index contributed by atoms with van der Waals surface area (Å²) in [6.07, 6.45) is 1.55. The predicted octanol–water partition coefficient (Wildman–Crippen LogP) is 6.67. The van der Waals surface area contributed by atoms with Crippen LogP contribution in [0.25, 0.3) is 16.9 Å². The highest BCUT2D eigenvalue weighted by atomic mass is 16.5. The van der Waals surface area contributed by atoms with Crippen molar-refractivity contribution in [3.63, 3.8) is 0 Å². The Morgan fingerprint density at radius 3 is 2.41 bits per heavy atom. The highest BCUT2D eigenvalue weighted by Crippen LogP contribution is 2.26. The maximum atomic E-state index is 12.8. The van der Waals surface area contributed by atoms with Gasteiger partial charge < -0.3 is 9.30 Å². The van der Waals surface area contributed by atoms with Gasteiger partial charge in [0.2, 0.25) is 0 Å². The van der Waals surface area contributed by atoms with Gasteiger partial charge in [0.05, 0.1) is 23.5 Å². The molecule has 0 bridgehead atoms. The fourth-order valence-electron chi connectivity index (χ4n) is 4.33. The molecule has 0 aliphatic rings. The topological polar surface area (TPSA) is 79.4 Å². The van der Waals surface area contributed by atoms with Crippen LogP contribution in [0.15, 0.2) is 120 Å². The zero-order valence-electron chi connectivity index (χ0n) is 21.4. The van der Waals surface area contributed by atoms with Crippen molar-refractivity contribution in [2.45, 2.75) is 13.5 Å². The van der Waals surface area contributed by atoms with Crippen LogP contribution >= 0.6 is 0 Å². The number of para-hydroxylation sites is 1. The van der Waals surface area contributed by atoms with Crippen LogP contribution in [-0.4, -0.2) is 16.7 Å². The van der Waals surface area contributed by atoms with Gasteiger partial charge in [0, 0.05) is 28.1 Å². The van der Waals surface area contributed by atoms with Gasteiger partial charge >= 0.3 is 0 Å². The van der Waals surface area contributed by atoms with E-state index in [9.17, 15) is 10.1 Å². The van der Waals surface area contributed by atoms with E-state index in [-0.39, 0.29) is 12.5 Å². The van der Waals surface area contributed by atoms with Gasteiger partial charge in [0.1, 0.15) is 12.4 Å². The number of amides is 1. The molecule has 5 rings (SSSR count). The summed E-state index contributed by atoms with van der Waals surface area (Å²) in [6, 6.07) is 38.7.